The molecule has 5 nitrogen and oxygen atoms in total. The van der Waals surface area contributed by atoms with Gasteiger partial charge in [0.05, 0.1) is 0 Å². The third-order valence-corrected chi connectivity index (χ3v) is 5.03. The number of benzene rings is 1. The number of hydrogen-bond donors (Lipinski definition) is 1. The van der Waals surface area contributed by atoms with Gasteiger partial charge >= 0.3 is 6.03 Å². The molecule has 0 atom stereocenters. The van der Waals surface area contributed by atoms with E-state index in [9.17, 15) is 9.59 Å². The Hall–Kier alpha value is -2.04. The molecule has 1 aromatic carbocycles. The lowest BCUT2D eigenvalue weighted by atomic mass is 9.64. The Morgan fingerprint density at radius 3 is 2.36 bits per heavy atom. The third kappa shape index (κ3) is 2.93. The largest absolute Gasteiger partial charge is 0.342 e. The molecule has 0 unspecified atom stereocenters. The molecule has 22 heavy (non-hydrogen) atoms. The average molecular weight is 301 g/mol. The van der Waals surface area contributed by atoms with Gasteiger partial charge < -0.3 is 15.1 Å². The molecule has 1 aromatic rings. The highest BCUT2D eigenvalue weighted by atomic mass is 16.2. The number of amides is 3. The van der Waals surface area contributed by atoms with Crippen LogP contribution in [0.4, 0.5) is 4.79 Å². The maximum absolute atomic E-state index is 12.3. The summed E-state index contributed by atoms with van der Waals surface area (Å²) in [6, 6.07) is 10.5. The van der Waals surface area contributed by atoms with Gasteiger partial charge in [-0.05, 0) is 18.4 Å². The molecule has 118 valence electrons. The van der Waals surface area contributed by atoms with Crippen LogP contribution in [0.2, 0.25) is 0 Å². The summed E-state index contributed by atoms with van der Waals surface area (Å²) in [6.07, 6.45) is 4.35. The monoisotopic (exact) mass is 301 g/mol. The minimum absolute atomic E-state index is 0.00671. The standard InChI is InChI=1S/C17H23N3O2/c21-14-19-9-11-20(12-10-19)16(22)18-13-17(7-4-8-17)15-5-2-1-3-6-15/h1-3,5-6,14H,4,7-13H2,(H,18,22). The van der Waals surface area contributed by atoms with Crippen molar-refractivity contribution in [3.8, 4) is 0 Å². The smallest absolute Gasteiger partial charge is 0.317 e. The Bertz CT molecular complexity index is 520. The molecule has 2 aliphatic rings. The van der Waals surface area contributed by atoms with Crippen LogP contribution >= 0.6 is 0 Å². The molecule has 3 amide bonds. The first-order valence-corrected chi connectivity index (χ1v) is 8.01. The highest BCUT2D eigenvalue weighted by Crippen LogP contribution is 2.43. The fraction of sp³-hybridized carbons (Fsp3) is 0.529. The lowest BCUT2D eigenvalue weighted by molar-refractivity contribution is -0.119. The van der Waals surface area contributed by atoms with E-state index in [1.807, 2.05) is 6.07 Å². The molecule has 1 saturated heterocycles. The quantitative estimate of drug-likeness (QED) is 0.859. The Morgan fingerprint density at radius 2 is 1.82 bits per heavy atom. The van der Waals surface area contributed by atoms with Gasteiger partial charge in [0, 0.05) is 38.1 Å². The SMILES string of the molecule is O=CN1CCN(C(=O)NCC2(c3ccccc3)CCC2)CC1. The van der Waals surface area contributed by atoms with Gasteiger partial charge in [0.15, 0.2) is 0 Å². The first-order chi connectivity index (χ1) is 10.7. The van der Waals surface area contributed by atoms with Crippen molar-refractivity contribution in [2.75, 3.05) is 32.7 Å². The van der Waals surface area contributed by atoms with E-state index in [1.165, 1.54) is 12.0 Å². The maximum atomic E-state index is 12.3. The van der Waals surface area contributed by atoms with Crippen molar-refractivity contribution in [1.82, 2.24) is 15.1 Å². The zero-order valence-electron chi connectivity index (χ0n) is 12.8. The third-order valence-electron chi connectivity index (χ3n) is 5.03. The van der Waals surface area contributed by atoms with Crippen LogP contribution in [0.15, 0.2) is 30.3 Å². The molecule has 0 bridgehead atoms. The topological polar surface area (TPSA) is 52.7 Å². The summed E-state index contributed by atoms with van der Waals surface area (Å²) >= 11 is 0. The number of hydrogen-bond acceptors (Lipinski definition) is 2. The number of urea groups is 1. The van der Waals surface area contributed by atoms with Crippen LogP contribution in [-0.2, 0) is 10.2 Å². The second-order valence-electron chi connectivity index (χ2n) is 6.29. The highest BCUT2D eigenvalue weighted by molar-refractivity contribution is 5.74. The van der Waals surface area contributed by atoms with E-state index in [2.05, 4.69) is 29.6 Å². The summed E-state index contributed by atoms with van der Waals surface area (Å²) in [5.41, 5.74) is 1.44. The summed E-state index contributed by atoms with van der Waals surface area (Å²) in [4.78, 5) is 26.5. The minimum atomic E-state index is -0.00671. The van der Waals surface area contributed by atoms with Crippen LogP contribution < -0.4 is 5.32 Å². The maximum Gasteiger partial charge on any atom is 0.317 e. The van der Waals surface area contributed by atoms with E-state index in [-0.39, 0.29) is 11.4 Å². The molecule has 2 fully saturated rings. The van der Waals surface area contributed by atoms with Crippen molar-refractivity contribution in [1.29, 1.82) is 0 Å². The van der Waals surface area contributed by atoms with Crippen LogP contribution in [0.3, 0.4) is 0 Å². The van der Waals surface area contributed by atoms with E-state index in [0.29, 0.717) is 32.7 Å². The normalized spacial score (nSPS) is 20.2. The fourth-order valence-electron chi connectivity index (χ4n) is 3.35. The molecule has 1 heterocycles. The van der Waals surface area contributed by atoms with E-state index in [1.54, 1.807) is 9.80 Å². The lowest BCUT2D eigenvalue weighted by Gasteiger charge is -2.43. The number of rotatable bonds is 4. The Labute approximate surface area is 131 Å². The molecule has 5 heteroatoms. The lowest BCUT2D eigenvalue weighted by Crippen LogP contribution is -2.54. The van der Waals surface area contributed by atoms with Crippen molar-refractivity contribution in [3.05, 3.63) is 35.9 Å². The second kappa shape index (κ2) is 6.38. The van der Waals surface area contributed by atoms with Crippen molar-refractivity contribution < 1.29 is 9.59 Å². The van der Waals surface area contributed by atoms with Crippen molar-refractivity contribution in [2.24, 2.45) is 0 Å². The number of carbonyl (C=O) groups is 2. The molecule has 3 rings (SSSR count). The van der Waals surface area contributed by atoms with Crippen molar-refractivity contribution in [3.63, 3.8) is 0 Å². The number of piperazine rings is 1. The highest BCUT2D eigenvalue weighted by Gasteiger charge is 2.39. The molecule has 0 spiro atoms. The first kappa shape index (κ1) is 14.9. The van der Waals surface area contributed by atoms with Crippen LogP contribution in [0.25, 0.3) is 0 Å². The van der Waals surface area contributed by atoms with Gasteiger partial charge in [0.25, 0.3) is 0 Å². The zero-order valence-corrected chi connectivity index (χ0v) is 12.8. The molecule has 0 aromatic heterocycles. The molecule has 1 aliphatic carbocycles. The van der Waals surface area contributed by atoms with Crippen molar-refractivity contribution in [2.45, 2.75) is 24.7 Å². The predicted molar refractivity (Wildman–Crippen MR) is 84.6 cm³/mol. The summed E-state index contributed by atoms with van der Waals surface area (Å²) < 4.78 is 0. The van der Waals surface area contributed by atoms with Crippen LogP contribution in [-0.4, -0.2) is 55.0 Å². The first-order valence-electron chi connectivity index (χ1n) is 8.01. The fourth-order valence-corrected chi connectivity index (χ4v) is 3.35. The molecule has 0 radical (unpaired) electrons. The molecule has 1 N–H and O–H groups in total. The molecule has 1 aliphatic heterocycles. The van der Waals surface area contributed by atoms with Gasteiger partial charge in [-0.3, -0.25) is 4.79 Å². The zero-order chi connectivity index (χ0) is 15.4. The Balaban J connectivity index is 1.55. The van der Waals surface area contributed by atoms with Gasteiger partial charge in [-0.25, -0.2) is 4.79 Å². The average Bonchev–Trinajstić information content (AvgIpc) is 2.55. The Kier molecular flexibility index (Phi) is 4.32. The molecular weight excluding hydrogens is 278 g/mol. The molecule has 1 saturated carbocycles. The van der Waals surface area contributed by atoms with Gasteiger partial charge in [-0.15, -0.1) is 0 Å². The number of nitrogens with one attached hydrogen (secondary N) is 1. The summed E-state index contributed by atoms with van der Waals surface area (Å²) in [5.74, 6) is 0. The Morgan fingerprint density at radius 1 is 1.14 bits per heavy atom. The van der Waals surface area contributed by atoms with Gasteiger partial charge in [-0.1, -0.05) is 36.8 Å². The minimum Gasteiger partial charge on any atom is -0.342 e. The van der Waals surface area contributed by atoms with Gasteiger partial charge in [0.1, 0.15) is 0 Å². The van der Waals surface area contributed by atoms with E-state index >= 15 is 0 Å². The van der Waals surface area contributed by atoms with E-state index < -0.39 is 0 Å². The van der Waals surface area contributed by atoms with Gasteiger partial charge in [-0.2, -0.15) is 0 Å². The van der Waals surface area contributed by atoms with Crippen LogP contribution in [0.5, 0.6) is 0 Å². The summed E-state index contributed by atoms with van der Waals surface area (Å²) in [6.45, 7) is 3.18. The predicted octanol–water partition coefficient (Wildman–Crippen LogP) is 1.59. The van der Waals surface area contributed by atoms with Crippen LogP contribution in [0, 0.1) is 0 Å². The number of carbonyl (C=O) groups excluding carboxylic acids is 2. The van der Waals surface area contributed by atoms with E-state index in [0.717, 1.165) is 19.3 Å². The van der Waals surface area contributed by atoms with Crippen LogP contribution in [0.1, 0.15) is 24.8 Å². The van der Waals surface area contributed by atoms with Gasteiger partial charge in [0.2, 0.25) is 6.41 Å². The van der Waals surface area contributed by atoms with Crippen molar-refractivity contribution >= 4 is 12.4 Å². The summed E-state index contributed by atoms with van der Waals surface area (Å²) in [5, 5.41) is 3.11. The van der Waals surface area contributed by atoms with E-state index in [4.69, 9.17) is 0 Å². The summed E-state index contributed by atoms with van der Waals surface area (Å²) in [7, 11) is 0. The number of nitrogens with zero attached hydrogens (tertiary/aromatic N) is 2. The molecular formula is C17H23N3O2. The second-order valence-corrected chi connectivity index (χ2v) is 6.29.